The van der Waals surface area contributed by atoms with Gasteiger partial charge < -0.3 is 14.8 Å². The molecule has 120 valence electrons. The third kappa shape index (κ3) is 2.38. The summed E-state index contributed by atoms with van der Waals surface area (Å²) in [6, 6.07) is 14.9. The van der Waals surface area contributed by atoms with Gasteiger partial charge in [0.2, 0.25) is 0 Å². The van der Waals surface area contributed by atoms with Crippen LogP contribution in [0.5, 0.6) is 11.5 Å². The van der Waals surface area contributed by atoms with Crippen LogP contribution in [0.2, 0.25) is 0 Å². The molecule has 6 heteroatoms. The van der Waals surface area contributed by atoms with Crippen LogP contribution in [0.1, 0.15) is 16.1 Å². The number of anilines is 1. The van der Waals surface area contributed by atoms with Crippen LogP contribution in [0.25, 0.3) is 11.3 Å². The van der Waals surface area contributed by atoms with E-state index in [1.165, 1.54) is 0 Å². The molecule has 2 N–H and O–H groups in total. The van der Waals surface area contributed by atoms with Gasteiger partial charge in [-0.15, -0.1) is 0 Å². The molecule has 0 saturated heterocycles. The highest BCUT2D eigenvalue weighted by Gasteiger charge is 2.26. The van der Waals surface area contributed by atoms with Crippen molar-refractivity contribution in [3.05, 3.63) is 59.8 Å². The number of amides is 1. The third-order valence-corrected chi connectivity index (χ3v) is 3.94. The van der Waals surface area contributed by atoms with E-state index < -0.39 is 0 Å². The third-order valence-electron chi connectivity index (χ3n) is 3.94. The van der Waals surface area contributed by atoms with E-state index in [1.54, 1.807) is 19.2 Å². The van der Waals surface area contributed by atoms with Crippen molar-refractivity contribution in [2.45, 2.75) is 6.61 Å². The van der Waals surface area contributed by atoms with Crippen molar-refractivity contribution in [2.75, 3.05) is 12.4 Å². The summed E-state index contributed by atoms with van der Waals surface area (Å²) in [4.78, 5) is 12.6. The zero-order valence-corrected chi connectivity index (χ0v) is 13.0. The second-order valence-electron chi connectivity index (χ2n) is 5.40. The lowest BCUT2D eigenvalue weighted by Gasteiger charge is -2.17. The average Bonchev–Trinajstić information content (AvgIpc) is 3.06. The highest BCUT2D eigenvalue weighted by molar-refractivity contribution is 6.05. The van der Waals surface area contributed by atoms with Crippen molar-refractivity contribution < 1.29 is 14.3 Å². The Bertz CT molecular complexity index is 917. The van der Waals surface area contributed by atoms with E-state index in [0.717, 1.165) is 22.6 Å². The van der Waals surface area contributed by atoms with Gasteiger partial charge in [0.15, 0.2) is 5.69 Å². The van der Waals surface area contributed by atoms with Crippen molar-refractivity contribution in [3.63, 3.8) is 0 Å². The number of aromatic nitrogens is 2. The first kappa shape index (κ1) is 14.3. The summed E-state index contributed by atoms with van der Waals surface area (Å²) in [5.41, 5.74) is 3.48. The number of aromatic amines is 1. The topological polar surface area (TPSA) is 76.2 Å². The number of hydrogen-bond acceptors (Lipinski definition) is 4. The monoisotopic (exact) mass is 321 g/mol. The predicted octanol–water partition coefficient (Wildman–Crippen LogP) is 3.23. The van der Waals surface area contributed by atoms with Crippen molar-refractivity contribution in [3.8, 4) is 22.8 Å². The maximum atomic E-state index is 12.6. The number of methoxy groups -OCH3 is 1. The Balaban J connectivity index is 1.64. The Morgan fingerprint density at radius 2 is 2.12 bits per heavy atom. The second-order valence-corrected chi connectivity index (χ2v) is 5.40. The minimum absolute atomic E-state index is 0.288. The summed E-state index contributed by atoms with van der Waals surface area (Å²) in [5, 5.41) is 9.98. The highest BCUT2D eigenvalue weighted by Crippen LogP contribution is 2.37. The quantitative estimate of drug-likeness (QED) is 0.776. The van der Waals surface area contributed by atoms with E-state index in [1.807, 2.05) is 36.4 Å². The van der Waals surface area contributed by atoms with Crippen LogP contribution in [-0.4, -0.2) is 23.2 Å². The fourth-order valence-corrected chi connectivity index (χ4v) is 2.76. The van der Waals surface area contributed by atoms with Gasteiger partial charge in [0.05, 0.1) is 12.8 Å². The lowest BCUT2D eigenvalue weighted by Crippen LogP contribution is -2.16. The van der Waals surface area contributed by atoms with Crippen LogP contribution in [0, 0.1) is 0 Å². The molecular formula is C18H15N3O3. The Hall–Kier alpha value is -3.28. The molecule has 0 spiro atoms. The van der Waals surface area contributed by atoms with E-state index in [2.05, 4.69) is 15.5 Å². The summed E-state index contributed by atoms with van der Waals surface area (Å²) in [6.45, 7) is 0.309. The smallest absolute Gasteiger partial charge is 0.276 e. The minimum Gasteiger partial charge on any atom is -0.497 e. The average molecular weight is 321 g/mol. The summed E-state index contributed by atoms with van der Waals surface area (Å²) in [7, 11) is 1.58. The Morgan fingerprint density at radius 1 is 1.25 bits per heavy atom. The molecule has 0 radical (unpaired) electrons. The number of nitrogens with one attached hydrogen (secondary N) is 2. The number of nitrogens with zero attached hydrogens (tertiary/aromatic N) is 1. The van der Waals surface area contributed by atoms with Gasteiger partial charge in [0.25, 0.3) is 5.91 Å². The highest BCUT2D eigenvalue weighted by atomic mass is 16.5. The molecule has 1 aliphatic rings. The number of benzene rings is 2. The molecule has 4 rings (SSSR count). The van der Waals surface area contributed by atoms with E-state index >= 15 is 0 Å². The molecule has 1 amide bonds. The van der Waals surface area contributed by atoms with Gasteiger partial charge in [0, 0.05) is 22.9 Å². The molecule has 2 heterocycles. The molecule has 0 fully saturated rings. The first-order valence-electron chi connectivity index (χ1n) is 7.51. The molecule has 0 aliphatic carbocycles. The number of rotatable bonds is 3. The minimum atomic E-state index is -0.288. The van der Waals surface area contributed by atoms with Crippen LogP contribution < -0.4 is 14.8 Å². The molecule has 0 bridgehead atoms. The van der Waals surface area contributed by atoms with Gasteiger partial charge >= 0.3 is 0 Å². The van der Waals surface area contributed by atoms with E-state index in [0.29, 0.717) is 23.7 Å². The largest absolute Gasteiger partial charge is 0.497 e. The number of H-pyrrole nitrogens is 1. The number of fused-ring (bicyclic) bond motifs is 3. The number of hydrogen-bond donors (Lipinski definition) is 2. The van der Waals surface area contributed by atoms with Gasteiger partial charge in [0.1, 0.15) is 18.1 Å². The SMILES string of the molecule is COc1cccc(NC(=O)c2n[nH]c3c2COc2ccccc2-3)c1. The number of para-hydroxylation sites is 1. The molecule has 0 atom stereocenters. The van der Waals surface area contributed by atoms with Crippen LogP contribution in [-0.2, 0) is 6.61 Å². The van der Waals surface area contributed by atoms with Crippen molar-refractivity contribution in [2.24, 2.45) is 0 Å². The first-order chi connectivity index (χ1) is 11.8. The van der Waals surface area contributed by atoms with Gasteiger partial charge in [-0.05, 0) is 24.3 Å². The maximum Gasteiger partial charge on any atom is 0.276 e. The Morgan fingerprint density at radius 3 is 3.00 bits per heavy atom. The first-order valence-corrected chi connectivity index (χ1v) is 7.51. The zero-order valence-electron chi connectivity index (χ0n) is 13.0. The molecule has 6 nitrogen and oxygen atoms in total. The van der Waals surface area contributed by atoms with Gasteiger partial charge in [-0.25, -0.2) is 0 Å². The molecule has 3 aromatic rings. The fourth-order valence-electron chi connectivity index (χ4n) is 2.76. The number of carbonyl (C=O) groups excluding carboxylic acids is 1. The summed E-state index contributed by atoms with van der Waals surface area (Å²) < 4.78 is 10.9. The van der Waals surface area contributed by atoms with Crippen molar-refractivity contribution in [1.82, 2.24) is 10.2 Å². The predicted molar refractivity (Wildman–Crippen MR) is 89.3 cm³/mol. The van der Waals surface area contributed by atoms with Crippen molar-refractivity contribution >= 4 is 11.6 Å². The summed E-state index contributed by atoms with van der Waals surface area (Å²) in [5.74, 6) is 1.17. The van der Waals surface area contributed by atoms with Crippen molar-refractivity contribution in [1.29, 1.82) is 0 Å². The number of ether oxygens (including phenoxy) is 2. The second kappa shape index (κ2) is 5.73. The standard InChI is InChI=1S/C18H15N3O3/c1-23-12-6-4-5-11(9-12)19-18(22)17-14-10-24-15-8-3-2-7-13(15)16(14)20-21-17/h2-9H,10H2,1H3,(H,19,22)(H,20,21). The molecule has 1 aromatic heterocycles. The summed E-state index contributed by atoms with van der Waals surface area (Å²) >= 11 is 0. The number of carbonyl (C=O) groups is 1. The maximum absolute atomic E-state index is 12.6. The Labute approximate surface area is 138 Å². The molecule has 24 heavy (non-hydrogen) atoms. The Kier molecular flexibility index (Phi) is 3.42. The zero-order chi connectivity index (χ0) is 16.5. The van der Waals surface area contributed by atoms with Crippen LogP contribution in [0.3, 0.4) is 0 Å². The van der Waals surface area contributed by atoms with Crippen LogP contribution in [0.15, 0.2) is 48.5 Å². The fraction of sp³-hybridized carbons (Fsp3) is 0.111. The summed E-state index contributed by atoms with van der Waals surface area (Å²) in [6.07, 6.45) is 0. The lowest BCUT2D eigenvalue weighted by molar-refractivity contribution is 0.102. The van der Waals surface area contributed by atoms with Crippen LogP contribution in [0.4, 0.5) is 5.69 Å². The molecule has 1 aliphatic heterocycles. The molecule has 2 aromatic carbocycles. The van der Waals surface area contributed by atoms with Gasteiger partial charge in [-0.2, -0.15) is 5.10 Å². The van der Waals surface area contributed by atoms with Crippen LogP contribution >= 0.6 is 0 Å². The van der Waals surface area contributed by atoms with Gasteiger partial charge in [-0.1, -0.05) is 18.2 Å². The van der Waals surface area contributed by atoms with Gasteiger partial charge in [-0.3, -0.25) is 9.89 Å². The normalized spacial score (nSPS) is 11.9. The molecular weight excluding hydrogens is 306 g/mol. The van der Waals surface area contributed by atoms with E-state index in [-0.39, 0.29) is 5.91 Å². The molecule has 0 saturated carbocycles. The molecule has 0 unspecified atom stereocenters. The lowest BCUT2D eigenvalue weighted by atomic mass is 10.0. The van der Waals surface area contributed by atoms with E-state index in [4.69, 9.17) is 9.47 Å². The van der Waals surface area contributed by atoms with E-state index in [9.17, 15) is 4.79 Å².